The molecule has 2 aromatic heterocycles. The Morgan fingerprint density at radius 3 is 1.43 bits per heavy atom. The predicted octanol–water partition coefficient (Wildman–Crippen LogP) is 12.4. The average molecular weight is 898 g/mol. The van der Waals surface area contributed by atoms with E-state index in [1.165, 1.54) is 45.0 Å². The maximum absolute atomic E-state index is 9.31. The number of hydrogen-bond acceptors (Lipinski definition) is 4. The lowest BCUT2D eigenvalue weighted by Gasteiger charge is -2.02. The minimum atomic E-state index is -1.41. The molecule has 0 fully saturated rings. The molecule has 240 valence electrons. The van der Waals surface area contributed by atoms with Gasteiger partial charge in [0.25, 0.3) is 0 Å². The van der Waals surface area contributed by atoms with Crippen molar-refractivity contribution in [2.75, 3.05) is 11.7 Å². The smallest absolute Gasteiger partial charge is 0.423 e. The first-order valence-electron chi connectivity index (χ1n) is 14.3. The van der Waals surface area contributed by atoms with E-state index >= 15 is 0 Å². The minimum Gasteiger partial charge on any atom is -0.423 e. The van der Waals surface area contributed by atoms with Gasteiger partial charge in [-0.1, -0.05) is 161 Å². The van der Waals surface area contributed by atoms with Crippen molar-refractivity contribution in [3.63, 3.8) is 0 Å². The highest BCUT2D eigenvalue weighted by molar-refractivity contribution is 14.1. The zero-order chi connectivity index (χ0) is 32.9. The molecule has 2 N–H and O–H groups in total. The molecule has 0 aliphatic rings. The Morgan fingerprint density at radius 1 is 0.489 bits per heavy atom. The van der Waals surface area contributed by atoms with E-state index < -0.39 is 7.12 Å². The van der Waals surface area contributed by atoms with Crippen LogP contribution < -0.4 is 5.46 Å². The Labute approximate surface area is 316 Å². The van der Waals surface area contributed by atoms with Crippen LogP contribution in [0.2, 0.25) is 0 Å². The van der Waals surface area contributed by atoms with Gasteiger partial charge in [-0.2, -0.15) is 0 Å². The first kappa shape index (κ1) is 38.9. The maximum atomic E-state index is 9.31. The molecule has 0 atom stereocenters. The van der Waals surface area contributed by atoms with E-state index in [9.17, 15) is 10.0 Å². The van der Waals surface area contributed by atoms with Crippen LogP contribution in [0.4, 0.5) is 0 Å². The van der Waals surface area contributed by atoms with E-state index in [1.54, 1.807) is 17.4 Å². The average Bonchev–Trinajstić information content (AvgIpc) is 3.70. The number of halogens is 3. The molecule has 0 amide bonds. The van der Waals surface area contributed by atoms with Gasteiger partial charge < -0.3 is 10.0 Å². The fourth-order valence-corrected chi connectivity index (χ4v) is 7.87. The Balaban J connectivity index is 0.000000194. The van der Waals surface area contributed by atoms with E-state index in [4.69, 9.17) is 0 Å². The summed E-state index contributed by atoms with van der Waals surface area (Å²) in [5, 5.41) is 23.6. The number of rotatable bonds is 2. The summed E-state index contributed by atoms with van der Waals surface area (Å²) in [6.45, 7) is 0. The third-order valence-electron chi connectivity index (χ3n) is 6.94. The molecule has 2 heterocycles. The molecule has 8 aromatic rings. The third-order valence-corrected chi connectivity index (χ3v) is 10.1. The summed E-state index contributed by atoms with van der Waals surface area (Å²) < 4.78 is 6.17. The quantitative estimate of drug-likeness (QED) is 0.103. The van der Waals surface area contributed by atoms with Crippen LogP contribution in [0.3, 0.4) is 0 Å². The van der Waals surface area contributed by atoms with Gasteiger partial charge in [-0.15, -0.1) is 22.7 Å². The highest BCUT2D eigenvalue weighted by Gasteiger charge is 2.17. The molecular formula is C39H36BBr2IO2S2. The van der Waals surface area contributed by atoms with Crippen molar-refractivity contribution < 1.29 is 10.0 Å². The monoisotopic (exact) mass is 896 g/mol. The first-order chi connectivity index (χ1) is 22.6. The van der Waals surface area contributed by atoms with Crippen LogP contribution in [0.25, 0.3) is 51.5 Å². The maximum Gasteiger partial charge on any atom is 0.489 e. The summed E-state index contributed by atoms with van der Waals surface area (Å²) in [6, 6.07) is 49.8. The van der Waals surface area contributed by atoms with Gasteiger partial charge in [0.2, 0.25) is 0 Å². The number of alkyl halides is 2. The molecule has 0 bridgehead atoms. The SMILES string of the molecule is C.CBr.CBr.Ic1ccccc1.OB(O)c1cccc2c1sc1ccccc12.c1ccc(-c2cccc3c2sc2ccccc23)cc1. The molecule has 47 heavy (non-hydrogen) atoms. The largest absolute Gasteiger partial charge is 0.489 e. The molecule has 0 aliphatic carbocycles. The second kappa shape index (κ2) is 20.1. The van der Waals surface area contributed by atoms with Crippen molar-refractivity contribution in [2.24, 2.45) is 0 Å². The third kappa shape index (κ3) is 9.75. The van der Waals surface area contributed by atoms with Crippen molar-refractivity contribution in [3.8, 4) is 11.1 Å². The zero-order valence-corrected chi connectivity index (χ0v) is 32.2. The summed E-state index contributed by atoms with van der Waals surface area (Å²) in [6.07, 6.45) is 0. The van der Waals surface area contributed by atoms with Crippen LogP contribution >= 0.6 is 77.1 Å². The van der Waals surface area contributed by atoms with E-state index in [0.717, 1.165) is 10.1 Å². The van der Waals surface area contributed by atoms with Gasteiger partial charge in [-0.25, -0.2) is 0 Å². The van der Waals surface area contributed by atoms with Gasteiger partial charge in [0.15, 0.2) is 0 Å². The molecule has 8 heteroatoms. The Hall–Kier alpha value is -2.57. The molecule has 0 spiro atoms. The van der Waals surface area contributed by atoms with Crippen LogP contribution in [0.15, 0.2) is 146 Å². The van der Waals surface area contributed by atoms with Gasteiger partial charge in [0.1, 0.15) is 0 Å². The van der Waals surface area contributed by atoms with Crippen molar-refractivity contribution in [1.82, 2.24) is 0 Å². The van der Waals surface area contributed by atoms with E-state index in [1.807, 2.05) is 71.5 Å². The van der Waals surface area contributed by atoms with Crippen molar-refractivity contribution in [1.29, 1.82) is 0 Å². The lowest BCUT2D eigenvalue weighted by molar-refractivity contribution is 0.426. The number of hydrogen-bond donors (Lipinski definition) is 2. The van der Waals surface area contributed by atoms with Crippen molar-refractivity contribution in [3.05, 3.63) is 149 Å². The van der Waals surface area contributed by atoms with Crippen molar-refractivity contribution >= 4 is 130 Å². The Morgan fingerprint density at radius 2 is 0.915 bits per heavy atom. The molecule has 0 radical (unpaired) electrons. The van der Waals surface area contributed by atoms with Crippen LogP contribution in [-0.2, 0) is 0 Å². The number of benzene rings is 6. The topological polar surface area (TPSA) is 40.5 Å². The number of fused-ring (bicyclic) bond motifs is 6. The van der Waals surface area contributed by atoms with E-state index in [-0.39, 0.29) is 7.43 Å². The van der Waals surface area contributed by atoms with Crippen LogP contribution in [-0.4, -0.2) is 28.8 Å². The minimum absolute atomic E-state index is 0. The van der Waals surface area contributed by atoms with Crippen LogP contribution in [0.1, 0.15) is 7.43 Å². The molecule has 8 rings (SSSR count). The molecule has 0 aliphatic heterocycles. The van der Waals surface area contributed by atoms with Gasteiger partial charge in [0.05, 0.1) is 0 Å². The summed E-state index contributed by atoms with van der Waals surface area (Å²) in [5.41, 5.74) is 3.21. The first-order valence-corrected chi connectivity index (χ1v) is 20.2. The normalized spacial score (nSPS) is 9.85. The van der Waals surface area contributed by atoms with Gasteiger partial charge in [-0.3, -0.25) is 0 Å². The molecular weight excluding hydrogens is 862 g/mol. The van der Waals surface area contributed by atoms with Crippen LogP contribution in [0.5, 0.6) is 0 Å². The Kier molecular flexibility index (Phi) is 16.6. The van der Waals surface area contributed by atoms with Gasteiger partial charge >= 0.3 is 7.12 Å². The Bertz CT molecular complexity index is 2100. The lowest BCUT2D eigenvalue weighted by Crippen LogP contribution is -2.29. The second-order valence-corrected chi connectivity index (χ2v) is 13.0. The zero-order valence-electron chi connectivity index (χ0n) is 25.3. The molecule has 0 unspecified atom stereocenters. The molecule has 0 saturated heterocycles. The van der Waals surface area contributed by atoms with E-state index in [2.05, 4.69) is 145 Å². The standard InChI is InChI=1S/C18H12S.C12H9BO2S.C6H5I.2CH3Br.CH4/c1-2-7-13(8-3-1)14-10-6-11-16-15-9-4-5-12-17(15)19-18(14)16;14-13(15)10-6-3-5-9-8-4-1-2-7-11(8)16-12(9)10;7-6-4-2-1-3-5-6;2*1-2;/h1-12H;1-7,14-15H;1-5H;2*1H3;1H4. The second-order valence-electron chi connectivity index (χ2n) is 9.64. The lowest BCUT2D eigenvalue weighted by atomic mass is 9.80. The van der Waals surface area contributed by atoms with Crippen molar-refractivity contribution in [2.45, 2.75) is 7.43 Å². The fourth-order valence-electron chi connectivity index (χ4n) is 4.98. The van der Waals surface area contributed by atoms with Gasteiger partial charge in [-0.05, 0) is 80.5 Å². The number of thiophene rings is 2. The summed E-state index contributed by atoms with van der Waals surface area (Å²) >= 11 is 11.6. The highest BCUT2D eigenvalue weighted by Crippen LogP contribution is 2.39. The van der Waals surface area contributed by atoms with Gasteiger partial charge in [0, 0.05) is 38.5 Å². The predicted molar refractivity (Wildman–Crippen MR) is 230 cm³/mol. The van der Waals surface area contributed by atoms with E-state index in [0.29, 0.717) is 5.46 Å². The fraction of sp³-hybridized carbons (Fsp3) is 0.0769. The highest BCUT2D eigenvalue weighted by atomic mass is 127. The molecule has 6 aromatic carbocycles. The summed E-state index contributed by atoms with van der Waals surface area (Å²) in [7, 11) is -1.41. The summed E-state index contributed by atoms with van der Waals surface area (Å²) in [4.78, 5) is 0. The molecule has 2 nitrogen and oxygen atoms in total. The summed E-state index contributed by atoms with van der Waals surface area (Å²) in [5.74, 6) is 3.62. The van der Waals surface area contributed by atoms with Crippen LogP contribution in [0, 0.1) is 3.57 Å². The molecule has 0 saturated carbocycles.